The Morgan fingerprint density at radius 2 is 1.96 bits per heavy atom. The van der Waals surface area contributed by atoms with Gasteiger partial charge < -0.3 is 15.5 Å². The highest BCUT2D eigenvalue weighted by molar-refractivity contribution is 5.73. The number of nitrogens with one attached hydrogen (secondary N) is 2. The van der Waals surface area contributed by atoms with Crippen molar-refractivity contribution >= 4 is 11.7 Å². The van der Waals surface area contributed by atoms with Gasteiger partial charge in [0.2, 0.25) is 0 Å². The van der Waals surface area contributed by atoms with Gasteiger partial charge in [-0.2, -0.15) is 0 Å². The van der Waals surface area contributed by atoms with E-state index in [0.717, 1.165) is 5.69 Å². The van der Waals surface area contributed by atoms with Crippen molar-refractivity contribution in [2.45, 2.75) is 20.0 Å². The summed E-state index contributed by atoms with van der Waals surface area (Å²) in [6, 6.07) is 6.30. The molecular formula is C16H20FN5O. The number of aryl methyl sites for hydroxylation is 1. The molecule has 0 bridgehead atoms. The normalized spacial score (nSPS) is 10.3. The van der Waals surface area contributed by atoms with Gasteiger partial charge in [0, 0.05) is 26.8 Å². The minimum atomic E-state index is -0.335. The second kappa shape index (κ2) is 7.53. The van der Waals surface area contributed by atoms with Crippen LogP contribution >= 0.6 is 0 Å². The monoisotopic (exact) mass is 317 g/mol. The lowest BCUT2D eigenvalue weighted by Crippen LogP contribution is -2.34. The molecule has 122 valence electrons. The zero-order chi connectivity index (χ0) is 16.8. The van der Waals surface area contributed by atoms with Crippen LogP contribution in [0.3, 0.4) is 0 Å². The number of anilines is 1. The lowest BCUT2D eigenvalue weighted by Gasteiger charge is -2.14. The van der Waals surface area contributed by atoms with Crippen LogP contribution in [0, 0.1) is 12.7 Å². The standard InChI is InChI=1S/C16H20FN5O/c1-11-18-7-6-13(21-11)10-20-16(23)19-9-12-4-5-15(22(2)3)14(17)8-12/h4-8H,9-10H2,1-3H3,(H2,19,20,23). The maximum atomic E-state index is 13.8. The van der Waals surface area contributed by atoms with Gasteiger partial charge in [-0.1, -0.05) is 6.07 Å². The number of halogens is 1. The number of carbonyl (C=O) groups is 1. The molecular weight excluding hydrogens is 297 g/mol. The predicted molar refractivity (Wildman–Crippen MR) is 86.6 cm³/mol. The third-order valence-corrected chi connectivity index (χ3v) is 3.21. The Bertz CT molecular complexity index is 690. The molecule has 2 amide bonds. The quantitative estimate of drug-likeness (QED) is 0.885. The molecule has 0 radical (unpaired) electrons. The molecule has 0 fully saturated rings. The summed E-state index contributed by atoms with van der Waals surface area (Å²) in [6.45, 7) is 2.35. The molecule has 7 heteroatoms. The van der Waals surface area contributed by atoms with E-state index in [0.29, 0.717) is 23.6 Å². The summed E-state index contributed by atoms with van der Waals surface area (Å²) in [7, 11) is 3.55. The fourth-order valence-electron chi connectivity index (χ4n) is 2.04. The summed E-state index contributed by atoms with van der Waals surface area (Å²) in [6.07, 6.45) is 1.65. The van der Waals surface area contributed by atoms with E-state index in [1.54, 1.807) is 50.3 Å². The SMILES string of the molecule is Cc1nccc(CNC(=O)NCc2ccc(N(C)C)c(F)c2)n1. The van der Waals surface area contributed by atoms with E-state index in [-0.39, 0.29) is 18.4 Å². The Kier molecular flexibility index (Phi) is 5.46. The fraction of sp³-hybridized carbons (Fsp3) is 0.312. The molecule has 1 heterocycles. The summed E-state index contributed by atoms with van der Waals surface area (Å²) in [4.78, 5) is 21.7. The minimum Gasteiger partial charge on any atom is -0.375 e. The van der Waals surface area contributed by atoms with E-state index >= 15 is 0 Å². The van der Waals surface area contributed by atoms with Crippen LogP contribution in [-0.4, -0.2) is 30.1 Å². The van der Waals surface area contributed by atoms with Crippen molar-refractivity contribution in [3.05, 3.63) is 53.4 Å². The van der Waals surface area contributed by atoms with E-state index in [2.05, 4.69) is 20.6 Å². The Balaban J connectivity index is 1.83. The second-order valence-electron chi connectivity index (χ2n) is 5.31. The van der Waals surface area contributed by atoms with E-state index < -0.39 is 0 Å². The molecule has 0 aliphatic heterocycles. The first-order valence-corrected chi connectivity index (χ1v) is 7.21. The van der Waals surface area contributed by atoms with Gasteiger partial charge in [0.05, 0.1) is 17.9 Å². The van der Waals surface area contributed by atoms with Gasteiger partial charge in [0.1, 0.15) is 11.6 Å². The summed E-state index contributed by atoms with van der Waals surface area (Å²) in [5.41, 5.74) is 1.94. The minimum absolute atomic E-state index is 0.249. The van der Waals surface area contributed by atoms with Gasteiger partial charge in [0.25, 0.3) is 0 Å². The lowest BCUT2D eigenvalue weighted by atomic mass is 10.2. The number of nitrogens with zero attached hydrogens (tertiary/aromatic N) is 3. The zero-order valence-corrected chi connectivity index (χ0v) is 13.4. The molecule has 1 aromatic heterocycles. The average molecular weight is 317 g/mol. The molecule has 1 aromatic carbocycles. The van der Waals surface area contributed by atoms with E-state index in [1.165, 1.54) is 6.07 Å². The smallest absolute Gasteiger partial charge is 0.315 e. The van der Waals surface area contributed by atoms with Gasteiger partial charge in [-0.15, -0.1) is 0 Å². The molecule has 0 aliphatic carbocycles. The first-order valence-electron chi connectivity index (χ1n) is 7.21. The largest absolute Gasteiger partial charge is 0.375 e. The topological polar surface area (TPSA) is 70.2 Å². The van der Waals surface area contributed by atoms with Crippen molar-refractivity contribution < 1.29 is 9.18 Å². The van der Waals surface area contributed by atoms with Crippen molar-refractivity contribution in [1.29, 1.82) is 0 Å². The number of amides is 2. The van der Waals surface area contributed by atoms with Crippen molar-refractivity contribution in [3.8, 4) is 0 Å². The average Bonchev–Trinajstić information content (AvgIpc) is 2.50. The molecule has 23 heavy (non-hydrogen) atoms. The highest BCUT2D eigenvalue weighted by Crippen LogP contribution is 2.18. The van der Waals surface area contributed by atoms with Crippen LogP contribution in [0.15, 0.2) is 30.5 Å². The number of benzene rings is 1. The number of carbonyl (C=O) groups excluding carboxylic acids is 1. The molecule has 0 saturated carbocycles. The van der Waals surface area contributed by atoms with Crippen molar-refractivity contribution in [2.75, 3.05) is 19.0 Å². The molecule has 6 nitrogen and oxygen atoms in total. The van der Waals surface area contributed by atoms with Gasteiger partial charge >= 0.3 is 6.03 Å². The van der Waals surface area contributed by atoms with Gasteiger partial charge in [-0.25, -0.2) is 19.2 Å². The lowest BCUT2D eigenvalue weighted by molar-refractivity contribution is 0.240. The second-order valence-corrected chi connectivity index (χ2v) is 5.31. The van der Waals surface area contributed by atoms with Crippen LogP contribution in [0.4, 0.5) is 14.9 Å². The number of hydrogen-bond donors (Lipinski definition) is 2. The van der Waals surface area contributed by atoms with Crippen molar-refractivity contribution in [1.82, 2.24) is 20.6 Å². The number of aromatic nitrogens is 2. The van der Waals surface area contributed by atoms with E-state index in [9.17, 15) is 9.18 Å². The Morgan fingerprint density at radius 3 is 2.61 bits per heavy atom. The number of hydrogen-bond acceptors (Lipinski definition) is 4. The highest BCUT2D eigenvalue weighted by atomic mass is 19.1. The molecule has 0 saturated heterocycles. The number of urea groups is 1. The summed E-state index contributed by atoms with van der Waals surface area (Å²) < 4.78 is 13.8. The first kappa shape index (κ1) is 16.7. The summed E-state index contributed by atoms with van der Waals surface area (Å²) >= 11 is 0. The third-order valence-electron chi connectivity index (χ3n) is 3.21. The Labute approximate surface area is 134 Å². The summed E-state index contributed by atoms with van der Waals surface area (Å²) in [5.74, 6) is 0.340. The molecule has 0 spiro atoms. The van der Waals surface area contributed by atoms with Crippen LogP contribution in [0.5, 0.6) is 0 Å². The predicted octanol–water partition coefficient (Wildman–Crippen LogP) is 1.99. The highest BCUT2D eigenvalue weighted by Gasteiger charge is 2.07. The van der Waals surface area contributed by atoms with Crippen LogP contribution in [0.2, 0.25) is 0 Å². The van der Waals surface area contributed by atoms with Gasteiger partial charge in [-0.3, -0.25) is 0 Å². The van der Waals surface area contributed by atoms with Crippen molar-refractivity contribution in [3.63, 3.8) is 0 Å². The van der Waals surface area contributed by atoms with Gasteiger partial charge in [-0.05, 0) is 30.7 Å². The van der Waals surface area contributed by atoms with Crippen LogP contribution in [0.25, 0.3) is 0 Å². The van der Waals surface area contributed by atoms with Crippen LogP contribution in [0.1, 0.15) is 17.1 Å². The molecule has 0 atom stereocenters. The van der Waals surface area contributed by atoms with E-state index in [1.807, 2.05) is 0 Å². The fourth-order valence-corrected chi connectivity index (χ4v) is 2.04. The number of rotatable bonds is 5. The molecule has 2 N–H and O–H groups in total. The maximum absolute atomic E-state index is 13.8. The Morgan fingerprint density at radius 1 is 1.22 bits per heavy atom. The third kappa shape index (κ3) is 4.91. The molecule has 0 unspecified atom stereocenters. The molecule has 0 aliphatic rings. The first-order chi connectivity index (χ1) is 11.0. The van der Waals surface area contributed by atoms with Gasteiger partial charge in [0.15, 0.2) is 0 Å². The maximum Gasteiger partial charge on any atom is 0.315 e. The Hall–Kier alpha value is -2.70. The molecule has 2 rings (SSSR count). The van der Waals surface area contributed by atoms with Crippen LogP contribution < -0.4 is 15.5 Å². The van der Waals surface area contributed by atoms with Crippen molar-refractivity contribution in [2.24, 2.45) is 0 Å². The molecule has 2 aromatic rings. The summed E-state index contributed by atoms with van der Waals surface area (Å²) in [5, 5.41) is 5.38. The zero-order valence-electron chi connectivity index (χ0n) is 13.4. The van der Waals surface area contributed by atoms with Crippen LogP contribution in [-0.2, 0) is 13.1 Å². The van der Waals surface area contributed by atoms with E-state index in [4.69, 9.17) is 0 Å².